The maximum absolute atomic E-state index is 12.8. The predicted octanol–water partition coefficient (Wildman–Crippen LogP) is 2.58. The van der Waals surface area contributed by atoms with Crippen molar-refractivity contribution in [2.45, 2.75) is 38.9 Å². The molecule has 1 aliphatic heterocycles. The first-order valence-corrected chi connectivity index (χ1v) is 11.2. The summed E-state index contributed by atoms with van der Waals surface area (Å²) in [6.45, 7) is 4.23. The molecule has 1 aliphatic rings. The third-order valence-electron chi connectivity index (χ3n) is 6.05. The van der Waals surface area contributed by atoms with Gasteiger partial charge in [-0.3, -0.25) is 18.6 Å². The first-order chi connectivity index (χ1) is 16.2. The zero-order valence-electron chi connectivity index (χ0n) is 18.5. The van der Waals surface area contributed by atoms with Gasteiger partial charge in [-0.1, -0.05) is 12.1 Å². The lowest BCUT2D eigenvalue weighted by Gasteiger charge is -2.23. The number of aromatic nitrogens is 4. The second-order valence-electron chi connectivity index (χ2n) is 8.11. The van der Waals surface area contributed by atoms with Crippen molar-refractivity contribution in [2.24, 2.45) is 0 Å². The lowest BCUT2D eigenvalue weighted by Crippen LogP contribution is -2.38. The summed E-state index contributed by atoms with van der Waals surface area (Å²) in [5, 5.41) is 15.7. The number of anilines is 1. The zero-order valence-corrected chi connectivity index (χ0v) is 18.5. The van der Waals surface area contributed by atoms with Crippen molar-refractivity contribution in [3.8, 4) is 0 Å². The molecule has 0 aliphatic carbocycles. The monoisotopic (exact) mass is 446 g/mol. The average Bonchev–Trinajstić information content (AvgIpc) is 3.28. The molecule has 2 N–H and O–H groups in total. The number of carbonyl (C=O) groups excluding carboxylic acids is 1. The van der Waals surface area contributed by atoms with Gasteiger partial charge >= 0.3 is 0 Å². The molecule has 0 saturated carbocycles. The van der Waals surface area contributed by atoms with Crippen LogP contribution in [0.1, 0.15) is 35.9 Å². The summed E-state index contributed by atoms with van der Waals surface area (Å²) in [5.74, 6) is 1.16. The van der Waals surface area contributed by atoms with Gasteiger partial charge in [-0.15, -0.1) is 10.2 Å². The molecular formula is C24H26N6O3. The van der Waals surface area contributed by atoms with E-state index >= 15 is 0 Å². The van der Waals surface area contributed by atoms with Crippen LogP contribution in [-0.4, -0.2) is 44.3 Å². The highest BCUT2D eigenvalue weighted by Gasteiger charge is 2.17. The predicted molar refractivity (Wildman–Crippen MR) is 126 cm³/mol. The quantitative estimate of drug-likeness (QED) is 0.472. The first-order valence-electron chi connectivity index (χ1n) is 11.2. The van der Waals surface area contributed by atoms with Crippen molar-refractivity contribution in [3.63, 3.8) is 0 Å². The van der Waals surface area contributed by atoms with Gasteiger partial charge in [0.25, 0.3) is 11.5 Å². The molecule has 9 nitrogen and oxygen atoms in total. The van der Waals surface area contributed by atoms with Crippen molar-refractivity contribution < 1.29 is 9.53 Å². The van der Waals surface area contributed by atoms with Crippen molar-refractivity contribution >= 4 is 28.3 Å². The highest BCUT2D eigenvalue weighted by atomic mass is 16.5. The Morgan fingerprint density at radius 1 is 1.09 bits per heavy atom. The fourth-order valence-electron chi connectivity index (χ4n) is 4.25. The van der Waals surface area contributed by atoms with Crippen molar-refractivity contribution in [2.75, 3.05) is 18.5 Å². The van der Waals surface area contributed by atoms with Crippen LogP contribution in [0.15, 0.2) is 53.3 Å². The lowest BCUT2D eigenvalue weighted by atomic mass is 10.1. The number of rotatable bonds is 6. The number of ether oxygens (including phenoxy) is 1. The molecule has 4 aromatic rings. The minimum Gasteiger partial charge on any atom is -0.381 e. The maximum atomic E-state index is 12.8. The number of carbonyl (C=O) groups is 1. The summed E-state index contributed by atoms with van der Waals surface area (Å²) < 4.78 is 8.89. The number of hydrogen-bond donors (Lipinski definition) is 2. The van der Waals surface area contributed by atoms with E-state index in [1.165, 1.54) is 0 Å². The average molecular weight is 447 g/mol. The fraction of sp³-hybridized carbons (Fsp3) is 0.333. The first kappa shape index (κ1) is 21.1. The molecule has 33 heavy (non-hydrogen) atoms. The molecule has 170 valence electrons. The smallest absolute Gasteiger partial charge is 0.262 e. The molecule has 1 saturated heterocycles. The third-order valence-corrected chi connectivity index (χ3v) is 6.05. The van der Waals surface area contributed by atoms with Gasteiger partial charge in [0.05, 0.1) is 17.4 Å². The topological polar surface area (TPSA) is 103 Å². The number of nitrogens with one attached hydrogen (secondary N) is 2. The molecule has 2 aromatic heterocycles. The highest BCUT2D eigenvalue weighted by Crippen LogP contribution is 2.17. The minimum absolute atomic E-state index is 0.0675. The summed E-state index contributed by atoms with van der Waals surface area (Å²) in [5.41, 5.74) is 2.20. The van der Waals surface area contributed by atoms with Crippen LogP contribution in [0, 0.1) is 0 Å². The molecule has 1 amide bonds. The molecule has 1 fully saturated rings. The van der Waals surface area contributed by atoms with Crippen LogP contribution in [-0.2, 0) is 17.8 Å². The standard InChI is InChI=1S/C24H26N6O3/c1-2-29-23(32)19-5-3-4-6-20(19)30-21(27-28-24(29)30)15-25-17-9-7-16(8-10-17)22(31)26-18-11-13-33-14-12-18/h3-10,18,25H,2,11-15H2,1H3,(H,26,31). The number of nitrogens with zero attached hydrogens (tertiary/aromatic N) is 4. The van der Waals surface area contributed by atoms with Crippen LogP contribution in [0.2, 0.25) is 0 Å². The minimum atomic E-state index is -0.0686. The van der Waals surface area contributed by atoms with Gasteiger partial charge < -0.3 is 15.4 Å². The van der Waals surface area contributed by atoms with Crippen molar-refractivity contribution in [3.05, 3.63) is 70.3 Å². The Bertz CT molecular complexity index is 1350. The van der Waals surface area contributed by atoms with E-state index in [2.05, 4.69) is 20.8 Å². The Kier molecular flexibility index (Phi) is 5.78. The number of hydrogen-bond acceptors (Lipinski definition) is 6. The SMILES string of the molecule is CCn1c(=O)c2ccccc2n2c(CNc3ccc(C(=O)NC4CCOCC4)cc3)nnc12. The van der Waals surface area contributed by atoms with Gasteiger partial charge in [-0.2, -0.15) is 0 Å². The second-order valence-corrected chi connectivity index (χ2v) is 8.11. The van der Waals surface area contributed by atoms with Crippen molar-refractivity contribution in [1.82, 2.24) is 24.5 Å². The number of amides is 1. The molecule has 9 heteroatoms. The zero-order chi connectivity index (χ0) is 22.8. The summed E-state index contributed by atoms with van der Waals surface area (Å²) in [4.78, 5) is 25.3. The molecular weight excluding hydrogens is 420 g/mol. The van der Waals surface area contributed by atoms with Gasteiger partial charge in [0, 0.05) is 37.1 Å². The molecule has 5 rings (SSSR count). The van der Waals surface area contributed by atoms with E-state index in [0.717, 1.165) is 24.0 Å². The van der Waals surface area contributed by atoms with Crippen LogP contribution in [0.4, 0.5) is 5.69 Å². The molecule has 0 unspecified atom stereocenters. The summed E-state index contributed by atoms with van der Waals surface area (Å²) in [6.07, 6.45) is 1.69. The van der Waals surface area contributed by atoms with E-state index in [1.807, 2.05) is 59.9 Å². The summed E-state index contributed by atoms with van der Waals surface area (Å²) in [7, 11) is 0. The molecule has 0 atom stereocenters. The van der Waals surface area contributed by atoms with E-state index in [9.17, 15) is 9.59 Å². The fourth-order valence-corrected chi connectivity index (χ4v) is 4.25. The second kappa shape index (κ2) is 9.03. The van der Waals surface area contributed by atoms with Gasteiger partial charge in [-0.25, -0.2) is 0 Å². The Labute approximate surface area is 190 Å². The Morgan fingerprint density at radius 3 is 2.61 bits per heavy atom. The third kappa shape index (κ3) is 4.07. The molecule has 3 heterocycles. The number of para-hydroxylation sites is 1. The highest BCUT2D eigenvalue weighted by molar-refractivity contribution is 5.94. The Balaban J connectivity index is 1.34. The normalized spacial score (nSPS) is 14.6. The van der Waals surface area contributed by atoms with Crippen molar-refractivity contribution in [1.29, 1.82) is 0 Å². The summed E-state index contributed by atoms with van der Waals surface area (Å²) in [6, 6.07) is 15.0. The number of aryl methyl sites for hydroxylation is 1. The van der Waals surface area contributed by atoms with E-state index in [1.54, 1.807) is 4.57 Å². The Hall–Kier alpha value is -3.72. The van der Waals surface area contributed by atoms with Gasteiger partial charge in [-0.05, 0) is 56.2 Å². The van der Waals surface area contributed by atoms with Gasteiger partial charge in [0.1, 0.15) is 0 Å². The summed E-state index contributed by atoms with van der Waals surface area (Å²) >= 11 is 0. The van der Waals surface area contributed by atoms with Crippen LogP contribution in [0.25, 0.3) is 16.7 Å². The molecule has 0 spiro atoms. The van der Waals surface area contributed by atoms with Crippen LogP contribution < -0.4 is 16.2 Å². The lowest BCUT2D eigenvalue weighted by molar-refractivity contribution is 0.0696. The molecule has 0 bridgehead atoms. The number of fused-ring (bicyclic) bond motifs is 3. The maximum Gasteiger partial charge on any atom is 0.262 e. The van der Waals surface area contributed by atoms with Gasteiger partial charge in [0.2, 0.25) is 5.78 Å². The van der Waals surface area contributed by atoms with E-state index < -0.39 is 0 Å². The number of benzene rings is 2. The van der Waals surface area contributed by atoms with Crippen LogP contribution in [0.5, 0.6) is 0 Å². The van der Waals surface area contributed by atoms with E-state index in [0.29, 0.717) is 48.9 Å². The Morgan fingerprint density at radius 2 is 1.85 bits per heavy atom. The van der Waals surface area contributed by atoms with E-state index in [4.69, 9.17) is 4.74 Å². The molecule has 2 aromatic carbocycles. The van der Waals surface area contributed by atoms with Crippen LogP contribution in [0.3, 0.4) is 0 Å². The van der Waals surface area contributed by atoms with Crippen LogP contribution >= 0.6 is 0 Å². The van der Waals surface area contributed by atoms with E-state index in [-0.39, 0.29) is 17.5 Å². The molecule has 0 radical (unpaired) electrons. The van der Waals surface area contributed by atoms with Gasteiger partial charge in [0.15, 0.2) is 5.82 Å². The largest absolute Gasteiger partial charge is 0.381 e.